The minimum atomic E-state index is -3.60. The molecule has 0 saturated carbocycles. The summed E-state index contributed by atoms with van der Waals surface area (Å²) in [5, 5.41) is 0.978. The van der Waals surface area contributed by atoms with Gasteiger partial charge in [-0.05, 0) is 49.6 Å². The zero-order valence-corrected chi connectivity index (χ0v) is 15.9. The van der Waals surface area contributed by atoms with E-state index in [0.29, 0.717) is 20.5 Å². The molecule has 0 bridgehead atoms. The summed E-state index contributed by atoms with van der Waals surface area (Å²) in [7, 11) is -2.05. The Morgan fingerprint density at radius 3 is 2.09 bits per heavy atom. The molecule has 23 heavy (non-hydrogen) atoms. The van der Waals surface area contributed by atoms with Crippen LogP contribution in [-0.4, -0.2) is 19.8 Å². The maximum absolute atomic E-state index is 12.9. The lowest BCUT2D eigenvalue weighted by Gasteiger charge is -2.21. The third-order valence-electron chi connectivity index (χ3n) is 3.68. The first-order chi connectivity index (χ1) is 10.6. The number of sulfonamides is 1. The van der Waals surface area contributed by atoms with Crippen molar-refractivity contribution < 1.29 is 8.42 Å². The van der Waals surface area contributed by atoms with Crippen LogP contribution in [0.3, 0.4) is 0 Å². The molecule has 0 amide bonds. The number of benzene rings is 2. The van der Waals surface area contributed by atoms with Gasteiger partial charge in [-0.1, -0.05) is 47.0 Å². The summed E-state index contributed by atoms with van der Waals surface area (Å²) >= 11 is 12.0. The van der Waals surface area contributed by atoms with Crippen LogP contribution in [0, 0.1) is 20.8 Å². The van der Waals surface area contributed by atoms with E-state index in [-0.39, 0.29) is 6.54 Å². The number of nitrogens with zero attached hydrogens (tertiary/aromatic N) is 1. The molecule has 0 aliphatic rings. The molecule has 0 unspecified atom stereocenters. The van der Waals surface area contributed by atoms with Crippen molar-refractivity contribution in [3.63, 3.8) is 0 Å². The van der Waals surface area contributed by atoms with Crippen molar-refractivity contribution in [2.75, 3.05) is 7.05 Å². The van der Waals surface area contributed by atoms with Gasteiger partial charge in [0.15, 0.2) is 0 Å². The summed E-state index contributed by atoms with van der Waals surface area (Å²) in [6.45, 7) is 5.77. The Bertz CT molecular complexity index is 825. The van der Waals surface area contributed by atoms with Crippen LogP contribution < -0.4 is 0 Å². The second kappa shape index (κ2) is 6.81. The van der Waals surface area contributed by atoms with Gasteiger partial charge in [0.2, 0.25) is 10.0 Å². The Kier molecular flexibility index (Phi) is 5.41. The Balaban J connectivity index is 2.40. The van der Waals surface area contributed by atoms with E-state index in [4.69, 9.17) is 23.2 Å². The van der Waals surface area contributed by atoms with E-state index in [1.165, 1.54) is 4.31 Å². The van der Waals surface area contributed by atoms with Gasteiger partial charge in [0.1, 0.15) is 0 Å². The molecule has 2 rings (SSSR count). The third kappa shape index (κ3) is 3.89. The smallest absolute Gasteiger partial charge is 0.207 e. The van der Waals surface area contributed by atoms with Crippen LogP contribution in [0.15, 0.2) is 35.2 Å². The van der Waals surface area contributed by atoms with E-state index >= 15 is 0 Å². The lowest BCUT2D eigenvalue weighted by molar-refractivity contribution is 0.466. The fraction of sp³-hybridized carbons (Fsp3) is 0.294. The van der Waals surface area contributed by atoms with Gasteiger partial charge in [-0.25, -0.2) is 8.42 Å². The third-order valence-corrected chi connectivity index (χ3v) is 6.38. The predicted octanol–water partition coefficient (Wildman–Crippen LogP) is 4.74. The maximum Gasteiger partial charge on any atom is 0.243 e. The second-order valence-corrected chi connectivity index (χ2v) is 8.55. The average molecular weight is 372 g/mol. The van der Waals surface area contributed by atoms with E-state index in [0.717, 1.165) is 16.7 Å². The van der Waals surface area contributed by atoms with Gasteiger partial charge >= 0.3 is 0 Å². The fourth-order valence-corrected chi connectivity index (χ4v) is 4.72. The average Bonchev–Trinajstić information content (AvgIpc) is 2.40. The van der Waals surface area contributed by atoms with Crippen molar-refractivity contribution >= 4 is 33.2 Å². The van der Waals surface area contributed by atoms with Crippen molar-refractivity contribution in [3.8, 4) is 0 Å². The summed E-state index contributed by atoms with van der Waals surface area (Å²) in [6, 6.07) is 8.81. The van der Waals surface area contributed by atoms with Crippen molar-refractivity contribution in [2.45, 2.75) is 32.2 Å². The van der Waals surface area contributed by atoms with Crippen molar-refractivity contribution in [3.05, 3.63) is 62.6 Å². The fourth-order valence-electron chi connectivity index (χ4n) is 2.70. The molecular weight excluding hydrogens is 353 g/mol. The number of hydrogen-bond donors (Lipinski definition) is 0. The number of halogens is 2. The highest BCUT2D eigenvalue weighted by atomic mass is 35.5. The van der Waals surface area contributed by atoms with Gasteiger partial charge in [-0.2, -0.15) is 4.31 Å². The van der Waals surface area contributed by atoms with E-state index in [1.807, 2.05) is 32.9 Å². The van der Waals surface area contributed by atoms with Crippen LogP contribution >= 0.6 is 23.2 Å². The maximum atomic E-state index is 12.9. The van der Waals surface area contributed by atoms with Crippen molar-refractivity contribution in [1.29, 1.82) is 0 Å². The topological polar surface area (TPSA) is 37.4 Å². The molecule has 2 aromatic carbocycles. The summed E-state index contributed by atoms with van der Waals surface area (Å²) in [6.07, 6.45) is 0. The standard InChI is InChI=1S/C17H19Cl2NO2S/c1-11-7-12(2)17(13(3)8-11)23(21,22)20(4)10-14-5-6-15(18)9-16(14)19/h5-9H,10H2,1-4H3. The molecule has 0 aromatic heterocycles. The monoisotopic (exact) mass is 371 g/mol. The lowest BCUT2D eigenvalue weighted by Crippen LogP contribution is -2.28. The second-order valence-electron chi connectivity index (χ2n) is 5.72. The van der Waals surface area contributed by atoms with Crippen LogP contribution in [0.25, 0.3) is 0 Å². The summed E-state index contributed by atoms with van der Waals surface area (Å²) in [4.78, 5) is 0.357. The molecule has 0 atom stereocenters. The van der Waals surface area contributed by atoms with Gasteiger partial charge in [0.05, 0.1) is 4.90 Å². The van der Waals surface area contributed by atoms with Gasteiger partial charge < -0.3 is 0 Å². The molecule has 2 aromatic rings. The molecule has 0 spiro atoms. The highest BCUT2D eigenvalue weighted by molar-refractivity contribution is 7.89. The molecule has 0 aliphatic heterocycles. The number of hydrogen-bond acceptors (Lipinski definition) is 2. The highest BCUT2D eigenvalue weighted by Crippen LogP contribution is 2.27. The SMILES string of the molecule is Cc1cc(C)c(S(=O)(=O)N(C)Cc2ccc(Cl)cc2Cl)c(C)c1. The Morgan fingerprint density at radius 1 is 1.00 bits per heavy atom. The van der Waals surface area contributed by atoms with Gasteiger partial charge in [0.25, 0.3) is 0 Å². The van der Waals surface area contributed by atoms with Crippen LogP contribution in [0.5, 0.6) is 0 Å². The number of aryl methyl sites for hydroxylation is 3. The molecule has 0 saturated heterocycles. The quantitative estimate of drug-likeness (QED) is 0.778. The largest absolute Gasteiger partial charge is 0.243 e. The van der Waals surface area contributed by atoms with Gasteiger partial charge in [-0.15, -0.1) is 0 Å². The Labute approximate surface area is 147 Å². The first-order valence-corrected chi connectivity index (χ1v) is 9.30. The van der Waals surface area contributed by atoms with E-state index in [1.54, 1.807) is 25.2 Å². The molecule has 0 fully saturated rings. The first kappa shape index (κ1) is 18.3. The first-order valence-electron chi connectivity index (χ1n) is 7.11. The van der Waals surface area contributed by atoms with Crippen LogP contribution in [-0.2, 0) is 16.6 Å². The summed E-state index contributed by atoms with van der Waals surface area (Å²) in [5.74, 6) is 0. The zero-order chi connectivity index (χ0) is 17.4. The molecule has 3 nitrogen and oxygen atoms in total. The van der Waals surface area contributed by atoms with Crippen LogP contribution in [0.2, 0.25) is 10.0 Å². The molecule has 0 radical (unpaired) electrons. The molecule has 6 heteroatoms. The van der Waals surface area contributed by atoms with E-state index in [9.17, 15) is 8.42 Å². The predicted molar refractivity (Wildman–Crippen MR) is 95.8 cm³/mol. The van der Waals surface area contributed by atoms with Gasteiger partial charge in [0, 0.05) is 23.6 Å². The summed E-state index contributed by atoms with van der Waals surface area (Å²) < 4.78 is 27.2. The molecule has 124 valence electrons. The Hall–Kier alpha value is -1.07. The highest BCUT2D eigenvalue weighted by Gasteiger charge is 2.25. The Morgan fingerprint density at radius 2 is 1.57 bits per heavy atom. The van der Waals surface area contributed by atoms with E-state index < -0.39 is 10.0 Å². The normalized spacial score (nSPS) is 12.0. The minimum absolute atomic E-state index is 0.186. The van der Waals surface area contributed by atoms with Crippen LogP contribution in [0.1, 0.15) is 22.3 Å². The van der Waals surface area contributed by atoms with Crippen molar-refractivity contribution in [1.82, 2.24) is 4.31 Å². The van der Waals surface area contributed by atoms with E-state index in [2.05, 4.69) is 0 Å². The molecule has 0 heterocycles. The summed E-state index contributed by atoms with van der Waals surface area (Å²) in [5.41, 5.74) is 3.25. The van der Waals surface area contributed by atoms with Gasteiger partial charge in [-0.3, -0.25) is 0 Å². The zero-order valence-electron chi connectivity index (χ0n) is 13.5. The van der Waals surface area contributed by atoms with Crippen LogP contribution in [0.4, 0.5) is 0 Å². The molecular formula is C17H19Cl2NO2S. The molecule has 0 N–H and O–H groups in total. The minimum Gasteiger partial charge on any atom is -0.207 e. The molecule has 0 aliphatic carbocycles. The van der Waals surface area contributed by atoms with Crippen molar-refractivity contribution in [2.24, 2.45) is 0 Å². The number of rotatable bonds is 4. The lowest BCUT2D eigenvalue weighted by atomic mass is 10.1.